The maximum atomic E-state index is 13.2. The van der Waals surface area contributed by atoms with E-state index in [2.05, 4.69) is 11.1 Å². The Kier molecular flexibility index (Phi) is 2.41. The molecule has 2 aromatic carbocycles. The highest BCUT2D eigenvalue weighted by Gasteiger charge is 2.08. The Morgan fingerprint density at radius 1 is 1.29 bits per heavy atom. The number of halogens is 1. The molecule has 0 fully saturated rings. The number of thiazole rings is 1. The van der Waals surface area contributed by atoms with Crippen LogP contribution < -0.4 is 0 Å². The van der Waals surface area contributed by atoms with E-state index in [0.29, 0.717) is 0 Å². The molecule has 0 saturated carbocycles. The monoisotopic (exact) mass is 242 g/mol. The summed E-state index contributed by atoms with van der Waals surface area (Å²) in [5.41, 5.74) is 2.59. The van der Waals surface area contributed by atoms with Crippen LogP contribution in [0.15, 0.2) is 36.4 Å². The SMILES string of the molecule is Cc1nc2c(-c3cccc(F)c3)[c]ccc2s1. The van der Waals surface area contributed by atoms with Crippen LogP contribution in [0.25, 0.3) is 21.3 Å². The number of hydrogen-bond donors (Lipinski definition) is 0. The van der Waals surface area contributed by atoms with Gasteiger partial charge in [-0.2, -0.15) is 0 Å². The molecule has 1 radical (unpaired) electrons. The second-order valence-corrected chi connectivity index (χ2v) is 5.04. The minimum absolute atomic E-state index is 0.236. The first kappa shape index (κ1) is 10.4. The lowest BCUT2D eigenvalue weighted by Crippen LogP contribution is -1.82. The van der Waals surface area contributed by atoms with Gasteiger partial charge in [0.05, 0.1) is 15.2 Å². The molecule has 1 heterocycles. The van der Waals surface area contributed by atoms with Crippen molar-refractivity contribution >= 4 is 21.6 Å². The second kappa shape index (κ2) is 3.93. The first-order chi connectivity index (χ1) is 8.24. The average molecular weight is 242 g/mol. The largest absolute Gasteiger partial charge is 0.241 e. The maximum absolute atomic E-state index is 13.2. The highest BCUT2D eigenvalue weighted by Crippen LogP contribution is 2.31. The zero-order valence-electron chi connectivity index (χ0n) is 9.20. The van der Waals surface area contributed by atoms with E-state index < -0.39 is 0 Å². The Hall–Kier alpha value is -1.74. The maximum Gasteiger partial charge on any atom is 0.123 e. The third-order valence-electron chi connectivity index (χ3n) is 2.57. The van der Waals surface area contributed by atoms with Gasteiger partial charge in [-0.05, 0) is 36.8 Å². The number of hydrogen-bond acceptors (Lipinski definition) is 2. The molecule has 83 valence electrons. The van der Waals surface area contributed by atoms with Gasteiger partial charge in [0.25, 0.3) is 0 Å². The van der Waals surface area contributed by atoms with Crippen molar-refractivity contribution in [2.24, 2.45) is 0 Å². The van der Waals surface area contributed by atoms with Crippen LogP contribution in [0.2, 0.25) is 0 Å². The third-order valence-corrected chi connectivity index (χ3v) is 3.51. The third kappa shape index (κ3) is 1.83. The Balaban J connectivity index is 2.30. The van der Waals surface area contributed by atoms with Crippen LogP contribution >= 0.6 is 11.3 Å². The van der Waals surface area contributed by atoms with Crippen molar-refractivity contribution in [3.05, 3.63) is 53.3 Å². The molecule has 0 bridgehead atoms. The standard InChI is InChI=1S/C14H9FNS/c1-9-16-14-12(6-3-7-13(14)17-9)10-4-2-5-11(15)8-10/h2-5,7-8H,1H3. The van der Waals surface area contributed by atoms with Gasteiger partial charge in [0.15, 0.2) is 0 Å². The number of benzene rings is 2. The molecule has 0 aliphatic carbocycles. The summed E-state index contributed by atoms with van der Waals surface area (Å²) in [5, 5.41) is 1.01. The van der Waals surface area contributed by atoms with E-state index in [4.69, 9.17) is 0 Å². The number of rotatable bonds is 1. The van der Waals surface area contributed by atoms with Gasteiger partial charge in [0.1, 0.15) is 5.82 Å². The molecule has 17 heavy (non-hydrogen) atoms. The number of aryl methyl sites for hydroxylation is 1. The predicted octanol–water partition coefficient (Wildman–Crippen LogP) is 4.21. The topological polar surface area (TPSA) is 12.9 Å². The lowest BCUT2D eigenvalue weighted by Gasteiger charge is -2.01. The summed E-state index contributed by atoms with van der Waals surface area (Å²) in [6.07, 6.45) is 0. The van der Waals surface area contributed by atoms with Crippen molar-refractivity contribution in [3.63, 3.8) is 0 Å². The van der Waals surface area contributed by atoms with Gasteiger partial charge < -0.3 is 0 Å². The summed E-state index contributed by atoms with van der Waals surface area (Å²) in [5.74, 6) is -0.236. The zero-order chi connectivity index (χ0) is 11.8. The molecular weight excluding hydrogens is 233 g/mol. The number of aromatic nitrogens is 1. The van der Waals surface area contributed by atoms with E-state index in [9.17, 15) is 4.39 Å². The lowest BCUT2D eigenvalue weighted by atomic mass is 10.0. The minimum atomic E-state index is -0.236. The molecule has 3 rings (SSSR count). The van der Waals surface area contributed by atoms with Crippen LogP contribution in [0.1, 0.15) is 5.01 Å². The van der Waals surface area contributed by atoms with Gasteiger partial charge in [-0.3, -0.25) is 0 Å². The van der Waals surface area contributed by atoms with Crippen molar-refractivity contribution in [2.75, 3.05) is 0 Å². The van der Waals surface area contributed by atoms with Crippen LogP contribution in [0, 0.1) is 18.8 Å². The number of nitrogens with zero attached hydrogens (tertiary/aromatic N) is 1. The summed E-state index contributed by atoms with van der Waals surface area (Å²) in [4.78, 5) is 4.48. The fraction of sp³-hybridized carbons (Fsp3) is 0.0714. The molecule has 0 saturated heterocycles. The molecular formula is C14H9FNS. The van der Waals surface area contributed by atoms with E-state index in [-0.39, 0.29) is 5.82 Å². The van der Waals surface area contributed by atoms with Gasteiger partial charge >= 0.3 is 0 Å². The first-order valence-corrected chi connectivity index (χ1v) is 6.09. The van der Waals surface area contributed by atoms with Crippen LogP contribution in [0.5, 0.6) is 0 Å². The summed E-state index contributed by atoms with van der Waals surface area (Å²) in [6.45, 7) is 1.97. The van der Waals surface area contributed by atoms with Gasteiger partial charge in [-0.15, -0.1) is 11.3 Å². The van der Waals surface area contributed by atoms with Crippen molar-refractivity contribution in [3.8, 4) is 11.1 Å². The molecule has 0 N–H and O–H groups in total. The minimum Gasteiger partial charge on any atom is -0.241 e. The Morgan fingerprint density at radius 2 is 2.18 bits per heavy atom. The van der Waals surface area contributed by atoms with E-state index in [1.54, 1.807) is 17.4 Å². The highest BCUT2D eigenvalue weighted by molar-refractivity contribution is 7.18. The van der Waals surface area contributed by atoms with Crippen molar-refractivity contribution < 1.29 is 4.39 Å². The van der Waals surface area contributed by atoms with Gasteiger partial charge in [-0.1, -0.05) is 18.2 Å². The highest BCUT2D eigenvalue weighted by atomic mass is 32.1. The first-order valence-electron chi connectivity index (χ1n) is 5.28. The smallest absolute Gasteiger partial charge is 0.123 e. The van der Waals surface area contributed by atoms with Crippen molar-refractivity contribution in [1.82, 2.24) is 4.98 Å². The summed E-state index contributed by atoms with van der Waals surface area (Å²) in [6, 6.07) is 13.5. The molecule has 0 amide bonds. The second-order valence-electron chi connectivity index (χ2n) is 3.81. The van der Waals surface area contributed by atoms with E-state index >= 15 is 0 Å². The van der Waals surface area contributed by atoms with Crippen LogP contribution in [-0.2, 0) is 0 Å². The summed E-state index contributed by atoms with van der Waals surface area (Å²) < 4.78 is 14.3. The Labute approximate surface area is 103 Å². The fourth-order valence-corrected chi connectivity index (χ4v) is 2.70. The molecule has 0 unspecified atom stereocenters. The quantitative estimate of drug-likeness (QED) is 0.623. The molecule has 0 aliphatic heterocycles. The lowest BCUT2D eigenvalue weighted by molar-refractivity contribution is 0.628. The molecule has 1 nitrogen and oxygen atoms in total. The van der Waals surface area contributed by atoms with E-state index in [1.165, 1.54) is 12.1 Å². The number of fused-ring (bicyclic) bond motifs is 1. The van der Waals surface area contributed by atoms with Crippen molar-refractivity contribution in [1.29, 1.82) is 0 Å². The Morgan fingerprint density at radius 3 is 3.00 bits per heavy atom. The van der Waals surface area contributed by atoms with E-state index in [1.807, 2.05) is 25.1 Å². The molecule has 3 aromatic rings. The molecule has 1 aromatic heterocycles. The van der Waals surface area contributed by atoms with Crippen LogP contribution in [0.3, 0.4) is 0 Å². The summed E-state index contributed by atoms with van der Waals surface area (Å²) >= 11 is 1.64. The van der Waals surface area contributed by atoms with Crippen molar-refractivity contribution in [2.45, 2.75) is 6.92 Å². The van der Waals surface area contributed by atoms with E-state index in [0.717, 1.165) is 26.4 Å². The van der Waals surface area contributed by atoms with Gasteiger partial charge in [-0.25, -0.2) is 9.37 Å². The normalized spacial score (nSPS) is 10.9. The molecule has 0 spiro atoms. The molecule has 3 heteroatoms. The van der Waals surface area contributed by atoms with Crippen LogP contribution in [0.4, 0.5) is 4.39 Å². The Bertz CT molecular complexity index is 688. The predicted molar refractivity (Wildman–Crippen MR) is 68.6 cm³/mol. The fourth-order valence-electron chi connectivity index (χ4n) is 1.87. The average Bonchev–Trinajstić information content (AvgIpc) is 2.68. The molecule has 0 aliphatic rings. The zero-order valence-corrected chi connectivity index (χ0v) is 10.0. The van der Waals surface area contributed by atoms with Crippen LogP contribution in [-0.4, -0.2) is 4.98 Å². The van der Waals surface area contributed by atoms with Gasteiger partial charge in [0.2, 0.25) is 0 Å². The van der Waals surface area contributed by atoms with Gasteiger partial charge in [0, 0.05) is 5.56 Å². The summed E-state index contributed by atoms with van der Waals surface area (Å²) in [7, 11) is 0. The molecule has 0 atom stereocenters.